The summed E-state index contributed by atoms with van der Waals surface area (Å²) in [5, 5.41) is 14.8. The fraction of sp³-hybridized carbons (Fsp3) is 0.800. The normalized spacial score (nSPS) is 13.8. The van der Waals surface area contributed by atoms with Crippen LogP contribution < -0.4 is 4.74 Å². The van der Waals surface area contributed by atoms with Crippen molar-refractivity contribution in [1.82, 2.24) is 14.7 Å². The lowest BCUT2D eigenvalue weighted by molar-refractivity contribution is -0.151. The molecule has 174 valence electrons. The first-order chi connectivity index (χ1) is 13.7. The zero-order chi connectivity index (χ0) is 23.3. The summed E-state index contributed by atoms with van der Waals surface area (Å²) in [4.78, 5) is 13.4. The molecule has 0 aliphatic carbocycles. The van der Waals surface area contributed by atoms with Gasteiger partial charge in [0.1, 0.15) is 0 Å². The molecule has 0 saturated heterocycles. The Morgan fingerprint density at radius 3 is 2.43 bits per heavy atom. The molecule has 0 aliphatic heterocycles. The minimum Gasteiger partial charge on any atom is -0.473 e. The Kier molecular flexibility index (Phi) is 10.3. The fourth-order valence-electron chi connectivity index (χ4n) is 2.51. The molecule has 0 radical (unpaired) electrons. The van der Waals surface area contributed by atoms with Crippen molar-refractivity contribution in [1.29, 1.82) is 0 Å². The summed E-state index contributed by atoms with van der Waals surface area (Å²) < 4.78 is 19.6. The number of hydrogen-bond donors (Lipinski definition) is 1. The van der Waals surface area contributed by atoms with Gasteiger partial charge in [0.05, 0.1) is 35.6 Å². The van der Waals surface area contributed by atoms with Gasteiger partial charge in [0.2, 0.25) is 5.88 Å². The van der Waals surface area contributed by atoms with Gasteiger partial charge in [0, 0.05) is 13.1 Å². The van der Waals surface area contributed by atoms with E-state index in [0.29, 0.717) is 25.6 Å². The molecule has 30 heavy (non-hydrogen) atoms. The van der Waals surface area contributed by atoms with E-state index >= 15 is 0 Å². The number of halogens is 1. The molecule has 0 bridgehead atoms. The summed E-state index contributed by atoms with van der Waals surface area (Å²) in [6.07, 6.45) is -1.18. The monoisotopic (exact) mass is 555 g/mol. The average Bonchev–Trinajstić information content (AvgIpc) is 2.88. The minimum absolute atomic E-state index is 0.0112. The highest BCUT2D eigenvalue weighted by Gasteiger charge is 2.37. The maximum Gasteiger partial charge on any atom is 0.336 e. The first-order valence-electron chi connectivity index (χ1n) is 10.2. The number of carbonyl (C=O) groups is 1. The largest absolute Gasteiger partial charge is 0.473 e. The molecule has 10 heteroatoms. The lowest BCUT2D eigenvalue weighted by Gasteiger charge is -2.36. The quantitative estimate of drug-likeness (QED) is 0.255. The average molecular weight is 556 g/mol. The summed E-state index contributed by atoms with van der Waals surface area (Å²) in [7, 11) is 1.26. The van der Waals surface area contributed by atoms with Crippen LogP contribution in [-0.2, 0) is 27.0 Å². The van der Waals surface area contributed by atoms with Gasteiger partial charge in [0.15, 0.2) is 14.4 Å². The Bertz CT molecular complexity index is 703. The first kappa shape index (κ1) is 27.3. The van der Waals surface area contributed by atoms with E-state index in [4.69, 9.17) is 9.16 Å². The lowest BCUT2D eigenvalue weighted by atomic mass is 10.2. The number of aliphatic hydroxyl groups excluding tert-OH is 1. The molecule has 1 rings (SSSR count). The van der Waals surface area contributed by atoms with Crippen LogP contribution in [0, 0.1) is 3.57 Å². The van der Waals surface area contributed by atoms with Crippen molar-refractivity contribution in [3.05, 3.63) is 9.26 Å². The predicted octanol–water partition coefficient (Wildman–Crippen LogP) is 3.26. The van der Waals surface area contributed by atoms with Crippen molar-refractivity contribution >= 4 is 36.9 Å². The predicted molar refractivity (Wildman–Crippen MR) is 128 cm³/mol. The van der Waals surface area contributed by atoms with Crippen molar-refractivity contribution in [3.8, 4) is 5.88 Å². The van der Waals surface area contributed by atoms with Crippen molar-refractivity contribution in [2.24, 2.45) is 0 Å². The molecule has 0 amide bonds. The first-order valence-corrected chi connectivity index (χ1v) is 14.2. The van der Waals surface area contributed by atoms with E-state index in [0.717, 1.165) is 9.26 Å². The van der Waals surface area contributed by atoms with Gasteiger partial charge in [-0.15, -0.1) is 5.10 Å². The van der Waals surface area contributed by atoms with Gasteiger partial charge in [-0.3, -0.25) is 9.58 Å². The van der Waals surface area contributed by atoms with Gasteiger partial charge in [-0.05, 0) is 61.6 Å². The smallest absolute Gasteiger partial charge is 0.336 e. The summed E-state index contributed by atoms with van der Waals surface area (Å²) in [5.74, 6) is -0.0495. The van der Waals surface area contributed by atoms with E-state index in [1.165, 1.54) is 7.11 Å². The van der Waals surface area contributed by atoms with Crippen LogP contribution >= 0.6 is 22.6 Å². The van der Waals surface area contributed by atoms with Crippen LogP contribution in [0.25, 0.3) is 0 Å². The summed E-state index contributed by atoms with van der Waals surface area (Å²) in [5.41, 5.74) is 0.963. The van der Waals surface area contributed by atoms with Crippen LogP contribution in [-0.4, -0.2) is 73.6 Å². The second-order valence-corrected chi connectivity index (χ2v) is 15.2. The van der Waals surface area contributed by atoms with Crippen LogP contribution in [0.2, 0.25) is 18.1 Å². The Morgan fingerprint density at radius 1 is 1.33 bits per heavy atom. The van der Waals surface area contributed by atoms with Gasteiger partial charge in [0.25, 0.3) is 0 Å². The second-order valence-electron chi connectivity index (χ2n) is 9.30. The number of methoxy groups -OCH3 is 1. The van der Waals surface area contributed by atoms with E-state index in [2.05, 4.69) is 66.3 Å². The lowest BCUT2D eigenvalue weighted by Crippen LogP contribution is -2.41. The van der Waals surface area contributed by atoms with Crippen LogP contribution in [0.15, 0.2) is 0 Å². The third-order valence-corrected chi connectivity index (χ3v) is 10.9. The molecule has 1 heterocycles. The number of rotatable bonds is 11. The Balaban J connectivity index is 2.98. The number of ether oxygens (including phenoxy) is 2. The van der Waals surface area contributed by atoms with Crippen molar-refractivity contribution in [3.63, 3.8) is 0 Å². The third kappa shape index (κ3) is 7.77. The molecule has 0 fully saturated rings. The highest BCUT2D eigenvalue weighted by Crippen LogP contribution is 2.36. The molecule has 0 spiro atoms. The van der Waals surface area contributed by atoms with E-state index in [-0.39, 0.29) is 17.7 Å². The van der Waals surface area contributed by atoms with Crippen molar-refractivity contribution in [2.45, 2.75) is 78.0 Å². The van der Waals surface area contributed by atoms with Gasteiger partial charge < -0.3 is 19.0 Å². The Morgan fingerprint density at radius 2 is 1.93 bits per heavy atom. The van der Waals surface area contributed by atoms with Crippen molar-refractivity contribution in [2.75, 3.05) is 27.3 Å². The molecule has 1 atom stereocenters. The highest BCUT2D eigenvalue weighted by atomic mass is 127. The Labute approximate surface area is 195 Å². The molecule has 1 aromatic heterocycles. The van der Waals surface area contributed by atoms with Crippen LogP contribution in [0.3, 0.4) is 0 Å². The molecule has 8 nitrogen and oxygen atoms in total. The van der Waals surface area contributed by atoms with E-state index in [1.807, 2.05) is 30.5 Å². The number of carbonyl (C=O) groups excluding carboxylic acids is 1. The molecule has 0 aromatic carbocycles. The number of aliphatic hydroxyl groups is 1. The molecule has 1 N–H and O–H groups in total. The second kappa shape index (κ2) is 11.3. The van der Waals surface area contributed by atoms with Crippen LogP contribution in [0.4, 0.5) is 0 Å². The molecular formula is C20H38IN3O5Si. The zero-order valence-electron chi connectivity index (χ0n) is 19.8. The van der Waals surface area contributed by atoms with Crippen LogP contribution in [0.1, 0.15) is 40.3 Å². The number of hydrogen-bond acceptors (Lipinski definition) is 7. The molecule has 0 unspecified atom stereocenters. The van der Waals surface area contributed by atoms with Crippen LogP contribution in [0.5, 0.6) is 5.88 Å². The number of esters is 1. The molecule has 1 aromatic rings. The Hall–Kier alpha value is -0.693. The zero-order valence-corrected chi connectivity index (χ0v) is 22.9. The number of nitrogens with zero attached hydrogens (tertiary/aromatic N) is 3. The third-order valence-electron chi connectivity index (χ3n) is 5.26. The summed E-state index contributed by atoms with van der Waals surface area (Å²) in [6, 6.07) is 0. The molecular weight excluding hydrogens is 517 g/mol. The fourth-order valence-corrected chi connectivity index (χ4v) is 4.23. The molecule has 0 aliphatic rings. The highest BCUT2D eigenvalue weighted by molar-refractivity contribution is 14.1. The maximum atomic E-state index is 11.5. The minimum atomic E-state index is -1.85. The maximum absolute atomic E-state index is 11.5. The van der Waals surface area contributed by atoms with Crippen molar-refractivity contribution < 1.29 is 23.8 Å². The van der Waals surface area contributed by atoms with Gasteiger partial charge in [-0.1, -0.05) is 20.8 Å². The van der Waals surface area contributed by atoms with E-state index in [1.54, 1.807) is 0 Å². The van der Waals surface area contributed by atoms with E-state index < -0.39 is 20.4 Å². The number of likely N-dealkylation sites (N-methyl/N-ethyl adjacent to an activating group) is 1. The summed E-state index contributed by atoms with van der Waals surface area (Å²) >= 11 is 2.24. The standard InChI is InChI=1S/C20H38IN3O5Si/c1-14(2)29-18-17(21)15(12-23(6)13-16(25)19(26)27-7)24(22-18)10-11-28-30(8,9)20(3,4)5/h14,16,25H,10-13H2,1-9H3/t16-/m0/s1. The van der Waals surface area contributed by atoms with Gasteiger partial charge >= 0.3 is 5.97 Å². The topological polar surface area (TPSA) is 86.0 Å². The van der Waals surface area contributed by atoms with E-state index in [9.17, 15) is 9.90 Å². The summed E-state index contributed by atoms with van der Waals surface area (Å²) in [6.45, 7) is 16.9. The number of aromatic nitrogens is 2. The van der Waals surface area contributed by atoms with Gasteiger partial charge in [-0.2, -0.15) is 0 Å². The SMILES string of the molecule is COC(=O)[C@@H](O)CN(C)Cc1c(I)c(OC(C)C)nn1CCO[Si](C)(C)C(C)(C)C. The van der Waals surface area contributed by atoms with Gasteiger partial charge in [-0.25, -0.2) is 4.79 Å². The molecule has 0 saturated carbocycles.